The number of ether oxygens (including phenoxy) is 1. The minimum absolute atomic E-state index is 0.0377. The van der Waals surface area contributed by atoms with Gasteiger partial charge in [0.25, 0.3) is 0 Å². The summed E-state index contributed by atoms with van der Waals surface area (Å²) in [4.78, 5) is 11.8. The van der Waals surface area contributed by atoms with E-state index in [4.69, 9.17) is 10.00 Å². The summed E-state index contributed by atoms with van der Waals surface area (Å²) in [5.74, 6) is 0.985. The van der Waals surface area contributed by atoms with Crippen LogP contribution in [-0.4, -0.2) is 17.1 Å². The lowest BCUT2D eigenvalue weighted by molar-refractivity contribution is -0.118. The first-order chi connectivity index (χ1) is 11.5. The van der Waals surface area contributed by atoms with Crippen LogP contribution in [0.25, 0.3) is 0 Å². The molecule has 0 radical (unpaired) electrons. The Balaban J connectivity index is 1.95. The van der Waals surface area contributed by atoms with E-state index in [1.165, 1.54) is 0 Å². The van der Waals surface area contributed by atoms with Gasteiger partial charge in [-0.1, -0.05) is 19.9 Å². The van der Waals surface area contributed by atoms with Crippen LogP contribution in [0.3, 0.4) is 0 Å². The molecule has 1 unspecified atom stereocenters. The van der Waals surface area contributed by atoms with E-state index < -0.39 is 6.10 Å². The summed E-state index contributed by atoms with van der Waals surface area (Å²) in [7, 11) is 0. The minimum Gasteiger partial charge on any atom is -0.457 e. The second-order valence-corrected chi connectivity index (χ2v) is 5.83. The van der Waals surface area contributed by atoms with Gasteiger partial charge < -0.3 is 15.2 Å². The molecule has 0 aliphatic heterocycles. The summed E-state index contributed by atoms with van der Waals surface area (Å²) in [6.07, 6.45) is -0.586. The Morgan fingerprint density at radius 2 is 1.92 bits per heavy atom. The van der Waals surface area contributed by atoms with Crippen LogP contribution >= 0.6 is 0 Å². The highest BCUT2D eigenvalue weighted by Crippen LogP contribution is 2.23. The number of benzene rings is 2. The molecule has 0 saturated heterocycles. The summed E-state index contributed by atoms with van der Waals surface area (Å²) in [5.41, 5.74) is 1.16. The van der Waals surface area contributed by atoms with Crippen molar-refractivity contribution in [2.75, 3.05) is 5.32 Å². The molecule has 0 aliphatic carbocycles. The second kappa shape index (κ2) is 8.14. The fourth-order valence-electron chi connectivity index (χ4n) is 2.01. The van der Waals surface area contributed by atoms with Crippen LogP contribution in [0.1, 0.15) is 25.8 Å². The van der Waals surface area contributed by atoms with Crippen LogP contribution in [0.15, 0.2) is 48.5 Å². The summed E-state index contributed by atoms with van der Waals surface area (Å²) in [6, 6.07) is 15.9. The van der Waals surface area contributed by atoms with E-state index in [0.717, 1.165) is 0 Å². The van der Waals surface area contributed by atoms with Crippen molar-refractivity contribution in [1.82, 2.24) is 0 Å². The number of rotatable bonds is 6. The van der Waals surface area contributed by atoms with Crippen LogP contribution in [0.4, 0.5) is 5.69 Å². The number of hydrogen-bond donors (Lipinski definition) is 2. The maximum Gasteiger partial charge on any atom is 0.226 e. The third-order valence-electron chi connectivity index (χ3n) is 3.50. The molecule has 124 valence electrons. The molecule has 0 bridgehead atoms. The van der Waals surface area contributed by atoms with Crippen LogP contribution in [0.5, 0.6) is 11.5 Å². The Hall–Kier alpha value is -2.84. The van der Waals surface area contributed by atoms with Gasteiger partial charge in [-0.25, -0.2) is 0 Å². The van der Waals surface area contributed by atoms with Crippen molar-refractivity contribution in [1.29, 1.82) is 5.26 Å². The van der Waals surface area contributed by atoms with Gasteiger partial charge in [-0.15, -0.1) is 0 Å². The maximum absolute atomic E-state index is 11.8. The average Bonchev–Trinajstić information content (AvgIpc) is 2.56. The number of nitriles is 1. The Morgan fingerprint density at radius 1 is 1.21 bits per heavy atom. The van der Waals surface area contributed by atoms with Gasteiger partial charge in [0.15, 0.2) is 0 Å². The van der Waals surface area contributed by atoms with E-state index >= 15 is 0 Å². The van der Waals surface area contributed by atoms with Crippen molar-refractivity contribution >= 4 is 11.6 Å². The van der Waals surface area contributed by atoms with E-state index in [1.807, 2.05) is 13.8 Å². The van der Waals surface area contributed by atoms with Crippen molar-refractivity contribution in [3.8, 4) is 17.6 Å². The number of carbonyl (C=O) groups excluding carboxylic acids is 1. The Labute approximate surface area is 141 Å². The molecule has 1 atom stereocenters. The molecule has 24 heavy (non-hydrogen) atoms. The molecule has 2 N–H and O–H groups in total. The number of anilines is 1. The fourth-order valence-corrected chi connectivity index (χ4v) is 2.01. The number of nitrogens with zero attached hydrogens (tertiary/aromatic N) is 1. The standard InChI is InChI=1S/C19H20N2O3/c1-13(2)18(22)11-19(23)21-15-6-8-16(9-7-15)24-17-5-3-4-14(10-17)12-20/h3-10,13,18,22H,11H2,1-2H3,(H,21,23). The van der Waals surface area contributed by atoms with E-state index in [9.17, 15) is 9.90 Å². The number of aliphatic hydroxyl groups is 1. The quantitative estimate of drug-likeness (QED) is 0.849. The number of amides is 1. The molecule has 5 nitrogen and oxygen atoms in total. The number of nitrogens with one attached hydrogen (secondary N) is 1. The number of carbonyl (C=O) groups is 1. The Morgan fingerprint density at radius 3 is 2.54 bits per heavy atom. The molecule has 0 heterocycles. The van der Waals surface area contributed by atoms with Gasteiger partial charge in [0.1, 0.15) is 11.5 Å². The normalized spacial score (nSPS) is 11.6. The lowest BCUT2D eigenvalue weighted by Crippen LogP contribution is -2.23. The monoisotopic (exact) mass is 324 g/mol. The lowest BCUT2D eigenvalue weighted by atomic mass is 10.0. The van der Waals surface area contributed by atoms with E-state index in [1.54, 1.807) is 48.5 Å². The third kappa shape index (κ3) is 5.11. The zero-order valence-corrected chi connectivity index (χ0v) is 13.7. The van der Waals surface area contributed by atoms with Crippen molar-refractivity contribution in [3.63, 3.8) is 0 Å². The predicted molar refractivity (Wildman–Crippen MR) is 91.8 cm³/mol. The van der Waals surface area contributed by atoms with Gasteiger partial charge in [0, 0.05) is 5.69 Å². The first kappa shape index (κ1) is 17.5. The zero-order valence-electron chi connectivity index (χ0n) is 13.7. The van der Waals surface area contributed by atoms with E-state index in [0.29, 0.717) is 22.7 Å². The number of hydrogen-bond acceptors (Lipinski definition) is 4. The highest BCUT2D eigenvalue weighted by molar-refractivity contribution is 5.91. The second-order valence-electron chi connectivity index (χ2n) is 5.83. The average molecular weight is 324 g/mol. The first-order valence-corrected chi connectivity index (χ1v) is 7.74. The molecule has 5 heteroatoms. The largest absolute Gasteiger partial charge is 0.457 e. The van der Waals surface area contributed by atoms with Crippen LogP contribution in [-0.2, 0) is 4.79 Å². The molecule has 0 fully saturated rings. The predicted octanol–water partition coefficient (Wildman–Crippen LogP) is 3.70. The van der Waals surface area contributed by atoms with Gasteiger partial charge >= 0.3 is 0 Å². The summed E-state index contributed by atoms with van der Waals surface area (Å²) < 4.78 is 5.67. The molecule has 2 aromatic carbocycles. The van der Waals surface area contributed by atoms with Crippen molar-refractivity contribution in [3.05, 3.63) is 54.1 Å². The van der Waals surface area contributed by atoms with Crippen molar-refractivity contribution in [2.24, 2.45) is 5.92 Å². The maximum atomic E-state index is 11.8. The summed E-state index contributed by atoms with van der Waals surface area (Å²) >= 11 is 0. The molecule has 0 aliphatic rings. The molecule has 0 spiro atoms. The van der Waals surface area contributed by atoms with Crippen LogP contribution in [0.2, 0.25) is 0 Å². The molecule has 2 aromatic rings. The van der Waals surface area contributed by atoms with Gasteiger partial charge in [0.2, 0.25) is 5.91 Å². The molecule has 0 aromatic heterocycles. The van der Waals surface area contributed by atoms with Gasteiger partial charge in [-0.05, 0) is 48.4 Å². The smallest absolute Gasteiger partial charge is 0.226 e. The molecule has 1 amide bonds. The SMILES string of the molecule is CC(C)C(O)CC(=O)Nc1ccc(Oc2cccc(C#N)c2)cc1. The van der Waals surface area contributed by atoms with Crippen LogP contribution in [0, 0.1) is 17.2 Å². The first-order valence-electron chi connectivity index (χ1n) is 7.74. The molecule has 0 saturated carbocycles. The Kier molecular flexibility index (Phi) is 5.94. The molecule has 2 rings (SSSR count). The fraction of sp³-hybridized carbons (Fsp3) is 0.263. The van der Waals surface area contributed by atoms with Crippen molar-refractivity contribution in [2.45, 2.75) is 26.4 Å². The Bertz CT molecular complexity index is 733. The van der Waals surface area contributed by atoms with E-state index in [2.05, 4.69) is 11.4 Å². The van der Waals surface area contributed by atoms with E-state index in [-0.39, 0.29) is 18.2 Å². The zero-order chi connectivity index (χ0) is 17.5. The van der Waals surface area contributed by atoms with Crippen LogP contribution < -0.4 is 10.1 Å². The van der Waals surface area contributed by atoms with Gasteiger partial charge in [-0.3, -0.25) is 4.79 Å². The minimum atomic E-state index is -0.653. The summed E-state index contributed by atoms with van der Waals surface area (Å²) in [5, 5.41) is 21.3. The van der Waals surface area contributed by atoms with Crippen molar-refractivity contribution < 1.29 is 14.6 Å². The third-order valence-corrected chi connectivity index (χ3v) is 3.50. The summed E-state index contributed by atoms with van der Waals surface area (Å²) in [6.45, 7) is 3.73. The number of aliphatic hydroxyl groups excluding tert-OH is 1. The lowest BCUT2D eigenvalue weighted by Gasteiger charge is -2.14. The van der Waals surface area contributed by atoms with Gasteiger partial charge in [-0.2, -0.15) is 5.26 Å². The molecular formula is C19H20N2O3. The topological polar surface area (TPSA) is 82.3 Å². The molecular weight excluding hydrogens is 304 g/mol. The highest BCUT2D eigenvalue weighted by atomic mass is 16.5. The highest BCUT2D eigenvalue weighted by Gasteiger charge is 2.14. The van der Waals surface area contributed by atoms with Gasteiger partial charge in [0.05, 0.1) is 24.2 Å².